The van der Waals surface area contributed by atoms with E-state index in [1.807, 2.05) is 30.3 Å². The van der Waals surface area contributed by atoms with Gasteiger partial charge in [0.2, 0.25) is 0 Å². The predicted octanol–water partition coefficient (Wildman–Crippen LogP) is 4.22. The Bertz CT molecular complexity index is 1300. The van der Waals surface area contributed by atoms with Gasteiger partial charge in [0.15, 0.2) is 11.4 Å². The van der Waals surface area contributed by atoms with Gasteiger partial charge in [-0.05, 0) is 43.4 Å². The molecule has 0 bridgehead atoms. The molecular weight excluding hydrogens is 476 g/mol. The summed E-state index contributed by atoms with van der Waals surface area (Å²) in [6.07, 6.45) is 1.71. The van der Waals surface area contributed by atoms with Crippen molar-refractivity contribution in [3.63, 3.8) is 0 Å². The number of benzene rings is 1. The molecule has 1 amide bonds. The lowest BCUT2D eigenvalue weighted by molar-refractivity contribution is -0.143. The molecule has 2 aromatic heterocycles. The molecule has 1 fully saturated rings. The van der Waals surface area contributed by atoms with Crippen molar-refractivity contribution in [3.05, 3.63) is 65.1 Å². The molecular formula is C26H28N6O5. The molecule has 37 heavy (non-hydrogen) atoms. The average Bonchev–Trinajstić information content (AvgIpc) is 3.28. The quantitative estimate of drug-likeness (QED) is 0.452. The molecule has 3 aromatic rings. The van der Waals surface area contributed by atoms with Gasteiger partial charge in [0.05, 0.1) is 12.0 Å². The van der Waals surface area contributed by atoms with Crippen LogP contribution in [0.1, 0.15) is 36.9 Å². The maximum absolute atomic E-state index is 12.5. The van der Waals surface area contributed by atoms with E-state index in [9.17, 15) is 14.7 Å². The van der Waals surface area contributed by atoms with Crippen LogP contribution in [0.25, 0.3) is 16.2 Å². The number of aromatic nitrogens is 4. The van der Waals surface area contributed by atoms with Crippen molar-refractivity contribution in [3.8, 4) is 17.1 Å². The van der Waals surface area contributed by atoms with Crippen LogP contribution in [0.5, 0.6) is 5.75 Å². The van der Waals surface area contributed by atoms with Crippen molar-refractivity contribution in [2.45, 2.75) is 44.9 Å². The highest BCUT2D eigenvalue weighted by Gasteiger charge is 2.29. The normalized spacial score (nSPS) is 17.0. The highest BCUT2D eigenvalue weighted by molar-refractivity contribution is 5.70. The first kappa shape index (κ1) is 25.6. The highest BCUT2D eigenvalue weighted by atomic mass is 16.6. The SMILES string of the molecule is [C-]#[N+]c1nc(-c2nnn(C)c2COC(=O)N(C)Cc2ccccc2)ccc1O[C@H]1CCC[C@H](C(=O)O)C1. The Morgan fingerprint density at radius 3 is 2.73 bits per heavy atom. The van der Waals surface area contributed by atoms with Gasteiger partial charge in [0, 0.05) is 20.6 Å². The fourth-order valence-corrected chi connectivity index (χ4v) is 4.30. The van der Waals surface area contributed by atoms with E-state index in [4.69, 9.17) is 16.0 Å². The molecule has 0 aliphatic heterocycles. The Kier molecular flexibility index (Phi) is 7.98. The number of carbonyl (C=O) groups is 2. The molecule has 1 aliphatic rings. The van der Waals surface area contributed by atoms with Crippen molar-refractivity contribution < 1.29 is 24.2 Å². The molecule has 4 rings (SSSR count). The third-order valence-corrected chi connectivity index (χ3v) is 6.31. The Labute approximate surface area is 214 Å². The van der Waals surface area contributed by atoms with Crippen molar-refractivity contribution in [1.29, 1.82) is 0 Å². The topological polar surface area (TPSA) is 124 Å². The molecule has 11 heteroatoms. The lowest BCUT2D eigenvalue weighted by Crippen LogP contribution is -2.29. The lowest BCUT2D eigenvalue weighted by Gasteiger charge is -2.27. The molecule has 0 unspecified atom stereocenters. The zero-order chi connectivity index (χ0) is 26.4. The van der Waals surface area contributed by atoms with Gasteiger partial charge in [-0.3, -0.25) is 4.79 Å². The zero-order valence-electron chi connectivity index (χ0n) is 20.7. The van der Waals surface area contributed by atoms with Crippen LogP contribution >= 0.6 is 0 Å². The van der Waals surface area contributed by atoms with Gasteiger partial charge in [0.1, 0.15) is 18.1 Å². The number of nitrogens with zero attached hydrogens (tertiary/aromatic N) is 6. The molecule has 11 nitrogen and oxygen atoms in total. The molecule has 0 spiro atoms. The summed E-state index contributed by atoms with van der Waals surface area (Å²) in [7, 11) is 3.34. The largest absolute Gasteiger partial charge is 0.500 e. The minimum atomic E-state index is -0.825. The number of pyridine rings is 1. The Hall–Kier alpha value is -4.46. The summed E-state index contributed by atoms with van der Waals surface area (Å²) in [5.41, 5.74) is 2.29. The number of aryl methyl sites for hydroxylation is 1. The summed E-state index contributed by atoms with van der Waals surface area (Å²) in [5.74, 6) is -0.923. The summed E-state index contributed by atoms with van der Waals surface area (Å²) >= 11 is 0. The van der Waals surface area contributed by atoms with E-state index in [0.717, 1.165) is 18.4 Å². The van der Waals surface area contributed by atoms with Crippen LogP contribution in [0.4, 0.5) is 10.6 Å². The second-order valence-corrected chi connectivity index (χ2v) is 8.98. The van der Waals surface area contributed by atoms with Crippen LogP contribution in [-0.2, 0) is 29.7 Å². The van der Waals surface area contributed by atoms with Crippen molar-refractivity contribution in [2.75, 3.05) is 7.05 Å². The molecule has 1 aliphatic carbocycles. The molecule has 2 heterocycles. The number of amides is 1. The maximum atomic E-state index is 12.5. The minimum Gasteiger partial charge on any atom is -0.500 e. The highest BCUT2D eigenvalue weighted by Crippen LogP contribution is 2.34. The van der Waals surface area contributed by atoms with E-state index in [1.165, 1.54) is 9.58 Å². The van der Waals surface area contributed by atoms with Crippen molar-refractivity contribution in [1.82, 2.24) is 24.9 Å². The Morgan fingerprint density at radius 2 is 2.00 bits per heavy atom. The van der Waals surface area contributed by atoms with E-state index >= 15 is 0 Å². The maximum Gasteiger partial charge on any atom is 0.410 e. The molecule has 192 valence electrons. The van der Waals surface area contributed by atoms with E-state index in [2.05, 4.69) is 20.1 Å². The van der Waals surface area contributed by atoms with Crippen LogP contribution in [0, 0.1) is 12.5 Å². The number of carboxylic acid groups (broad SMARTS) is 1. The standard InChI is InChI=1S/C26H28N6O5/c1-27-24-22(37-19-11-7-10-18(14-19)25(33)34)13-12-20(28-24)23-21(32(3)30-29-23)16-36-26(35)31(2)15-17-8-5-4-6-9-17/h4-6,8-9,12-13,18-19H,7,10-11,14-16H2,2-3H3,(H,33,34)/t18-,19-/m0/s1. The fourth-order valence-electron chi connectivity index (χ4n) is 4.30. The van der Waals surface area contributed by atoms with Crippen LogP contribution in [0.15, 0.2) is 42.5 Å². The summed E-state index contributed by atoms with van der Waals surface area (Å²) in [6, 6.07) is 12.9. The average molecular weight is 505 g/mol. The number of hydrogen-bond donors (Lipinski definition) is 1. The van der Waals surface area contributed by atoms with Gasteiger partial charge >= 0.3 is 17.9 Å². The number of rotatable bonds is 8. The van der Waals surface area contributed by atoms with Gasteiger partial charge in [-0.1, -0.05) is 42.1 Å². The first-order chi connectivity index (χ1) is 17.9. The van der Waals surface area contributed by atoms with Gasteiger partial charge in [-0.25, -0.2) is 9.48 Å². The van der Waals surface area contributed by atoms with Crippen molar-refractivity contribution in [2.24, 2.45) is 13.0 Å². The zero-order valence-corrected chi connectivity index (χ0v) is 20.7. The van der Waals surface area contributed by atoms with Gasteiger partial charge in [-0.2, -0.15) is 0 Å². The fraction of sp³-hybridized carbons (Fsp3) is 0.385. The van der Waals surface area contributed by atoms with Crippen molar-refractivity contribution >= 4 is 17.9 Å². The summed E-state index contributed by atoms with van der Waals surface area (Å²) in [6.45, 7) is 7.90. The van der Waals surface area contributed by atoms with Crippen LogP contribution < -0.4 is 4.74 Å². The molecule has 2 atom stereocenters. The predicted molar refractivity (Wildman–Crippen MR) is 133 cm³/mol. The number of aliphatic carboxylic acids is 1. The molecule has 1 N–H and O–H groups in total. The number of hydrogen-bond acceptors (Lipinski definition) is 7. The number of carboxylic acids is 1. The van der Waals surface area contributed by atoms with E-state index in [0.29, 0.717) is 42.2 Å². The van der Waals surface area contributed by atoms with Gasteiger partial charge < -0.3 is 24.3 Å². The smallest absolute Gasteiger partial charge is 0.410 e. The third-order valence-electron chi connectivity index (χ3n) is 6.31. The van der Waals surface area contributed by atoms with Gasteiger partial charge in [-0.15, -0.1) is 10.1 Å². The van der Waals surface area contributed by atoms with E-state index < -0.39 is 18.0 Å². The summed E-state index contributed by atoms with van der Waals surface area (Å²) in [4.78, 5) is 33.3. The molecule has 1 aromatic carbocycles. The summed E-state index contributed by atoms with van der Waals surface area (Å²) in [5, 5.41) is 17.5. The van der Waals surface area contributed by atoms with E-state index in [-0.39, 0.29) is 18.5 Å². The van der Waals surface area contributed by atoms with E-state index in [1.54, 1.807) is 26.2 Å². The van der Waals surface area contributed by atoms with Crippen LogP contribution in [0.3, 0.4) is 0 Å². The molecule has 1 saturated carbocycles. The monoisotopic (exact) mass is 504 g/mol. The third kappa shape index (κ3) is 6.22. The second-order valence-electron chi connectivity index (χ2n) is 8.98. The summed E-state index contributed by atoms with van der Waals surface area (Å²) < 4.78 is 13.0. The molecule has 0 radical (unpaired) electrons. The van der Waals surface area contributed by atoms with Crippen LogP contribution in [-0.4, -0.2) is 55.2 Å². The first-order valence-corrected chi connectivity index (χ1v) is 11.9. The minimum absolute atomic E-state index is 0.0474. The first-order valence-electron chi connectivity index (χ1n) is 11.9. The number of carbonyl (C=O) groups excluding carboxylic acids is 1. The Balaban J connectivity index is 1.45. The lowest BCUT2D eigenvalue weighted by atomic mass is 9.87. The van der Waals surface area contributed by atoms with Crippen LogP contribution in [0.2, 0.25) is 0 Å². The number of ether oxygens (including phenoxy) is 2. The van der Waals surface area contributed by atoms with Gasteiger partial charge in [0.25, 0.3) is 0 Å². The second kappa shape index (κ2) is 11.5. The Morgan fingerprint density at radius 1 is 1.22 bits per heavy atom. The molecule has 0 saturated heterocycles.